The van der Waals surface area contributed by atoms with Gasteiger partial charge < -0.3 is 14.2 Å². The van der Waals surface area contributed by atoms with E-state index in [-0.39, 0.29) is 106 Å². The van der Waals surface area contributed by atoms with Gasteiger partial charge in [0, 0.05) is 23.7 Å². The van der Waals surface area contributed by atoms with Gasteiger partial charge in [-0.1, -0.05) is 11.1 Å². The fraction of sp³-hybridized carbons (Fsp3) is 0.750. The second-order valence-electron chi connectivity index (χ2n) is 11.8. The van der Waals surface area contributed by atoms with Crippen LogP contribution in [-0.2, 0) is 33.4 Å². The van der Waals surface area contributed by atoms with Crippen LogP contribution in [0.4, 0.5) is 0 Å². The Hall–Kier alpha value is -2.02. The number of esters is 2. The first-order chi connectivity index (χ1) is 15.0. The number of epoxide rings is 1. The predicted octanol–water partition coefficient (Wildman–Crippen LogP) is 0.0242. The van der Waals surface area contributed by atoms with Gasteiger partial charge in [0.25, 0.3) is 0 Å². The predicted molar refractivity (Wildman–Crippen MR) is 96.5 cm³/mol. The molecule has 0 aromatic heterocycles. The first-order valence-corrected chi connectivity index (χ1v) is 11.7. The van der Waals surface area contributed by atoms with Gasteiger partial charge in [-0.2, -0.15) is 0 Å². The molecule has 0 amide bonds. The normalized spacial score (nSPS) is 68.7. The number of allylic oxidation sites excluding steroid dienone is 2. The number of fused-ring (bicyclic) bond motifs is 4. The summed E-state index contributed by atoms with van der Waals surface area (Å²) in [4.78, 5) is 54.4. The molecule has 0 aromatic rings. The molecule has 1 heterocycles. The quantitative estimate of drug-likeness (QED) is 0.353. The monoisotopic (exact) mass is 420 g/mol. The Kier molecular flexibility index (Phi) is 1.94. The molecular weight excluding hydrogens is 400 g/mol. The lowest BCUT2D eigenvalue weighted by molar-refractivity contribution is -0.155. The minimum atomic E-state index is -0.744. The first kappa shape index (κ1) is 15.7. The molecule has 158 valence electrons. The Labute approximate surface area is 176 Å². The summed E-state index contributed by atoms with van der Waals surface area (Å²) in [5, 5.41) is 0. The number of methoxy groups -OCH3 is 2. The van der Waals surface area contributed by atoms with Crippen molar-refractivity contribution in [3.05, 3.63) is 11.1 Å². The second-order valence-corrected chi connectivity index (χ2v) is 11.8. The Morgan fingerprint density at radius 3 is 1.68 bits per heavy atom. The summed E-state index contributed by atoms with van der Waals surface area (Å²) in [5.41, 5.74) is 0.668. The summed E-state index contributed by atoms with van der Waals surface area (Å²) in [5.74, 6) is -1.66. The van der Waals surface area contributed by atoms with Gasteiger partial charge in [-0.3, -0.25) is 19.2 Å². The van der Waals surface area contributed by atoms with Gasteiger partial charge in [0.2, 0.25) is 0 Å². The van der Waals surface area contributed by atoms with Gasteiger partial charge in [0.1, 0.15) is 22.8 Å². The highest BCUT2D eigenvalue weighted by Crippen LogP contribution is 2.96. The van der Waals surface area contributed by atoms with E-state index in [0.29, 0.717) is 0 Å². The van der Waals surface area contributed by atoms with E-state index in [4.69, 9.17) is 14.2 Å². The third-order valence-electron chi connectivity index (χ3n) is 12.4. The average Bonchev–Trinajstić information content (AvgIpc) is 3.37. The molecular formula is C24H20O7. The van der Waals surface area contributed by atoms with Gasteiger partial charge >= 0.3 is 11.9 Å². The van der Waals surface area contributed by atoms with E-state index >= 15 is 0 Å². The van der Waals surface area contributed by atoms with Crippen LogP contribution in [0.1, 0.15) is 0 Å². The molecule has 0 radical (unpaired) electrons. The fourth-order valence-corrected chi connectivity index (χ4v) is 12.8. The van der Waals surface area contributed by atoms with Crippen LogP contribution in [0.3, 0.4) is 0 Å². The molecule has 1 aliphatic heterocycles. The van der Waals surface area contributed by atoms with E-state index in [1.807, 2.05) is 0 Å². The van der Waals surface area contributed by atoms with Crippen molar-refractivity contribution < 1.29 is 33.4 Å². The topological polar surface area (TPSA) is 99.3 Å². The van der Waals surface area contributed by atoms with Crippen molar-refractivity contribution >= 4 is 23.5 Å². The van der Waals surface area contributed by atoms with Crippen LogP contribution in [0.2, 0.25) is 0 Å². The number of hydrogen-bond acceptors (Lipinski definition) is 7. The molecule has 9 rings (SSSR count). The van der Waals surface area contributed by atoms with Crippen molar-refractivity contribution in [3.8, 4) is 0 Å². The highest BCUT2D eigenvalue weighted by atomic mass is 16.6. The average molecular weight is 420 g/mol. The fourth-order valence-electron chi connectivity index (χ4n) is 12.8. The van der Waals surface area contributed by atoms with Crippen molar-refractivity contribution in [1.82, 2.24) is 0 Å². The number of carbonyl (C=O) groups is 4. The number of carbonyl (C=O) groups excluding carboxylic acids is 4. The van der Waals surface area contributed by atoms with E-state index in [1.165, 1.54) is 14.2 Å². The highest BCUT2D eigenvalue weighted by Gasteiger charge is 3.05. The lowest BCUT2D eigenvalue weighted by Crippen LogP contribution is -2.46. The lowest BCUT2D eigenvalue weighted by Gasteiger charge is -2.35. The highest BCUT2D eigenvalue weighted by molar-refractivity contribution is 6.06. The van der Waals surface area contributed by atoms with Crippen LogP contribution < -0.4 is 0 Å². The van der Waals surface area contributed by atoms with Gasteiger partial charge in [0.15, 0.2) is 0 Å². The molecule has 0 spiro atoms. The summed E-state index contributed by atoms with van der Waals surface area (Å²) < 4.78 is 17.4. The standard InChI is InChI=1S/C24H20O7/c1-29-21(27)13-6-3-4-7-5(6)11-15(13)23-17-12-8(9(3)19(17)25)10(4)20(26)18(12)24(23,31-23)16(11)14(7)22(28)30-2/h5-18H,1-2H3. The summed E-state index contributed by atoms with van der Waals surface area (Å²) >= 11 is 0. The lowest BCUT2D eigenvalue weighted by atomic mass is 9.66. The van der Waals surface area contributed by atoms with E-state index in [1.54, 1.807) is 0 Å². The Morgan fingerprint density at radius 1 is 0.742 bits per heavy atom. The zero-order valence-corrected chi connectivity index (χ0v) is 16.9. The summed E-state index contributed by atoms with van der Waals surface area (Å²) in [6.45, 7) is 0. The minimum absolute atomic E-state index is 0.0333. The van der Waals surface area contributed by atoms with Gasteiger partial charge in [-0.15, -0.1) is 0 Å². The third kappa shape index (κ3) is 0.978. The van der Waals surface area contributed by atoms with Crippen molar-refractivity contribution in [2.24, 2.45) is 82.9 Å². The summed E-state index contributed by atoms with van der Waals surface area (Å²) in [7, 11) is 2.89. The van der Waals surface area contributed by atoms with Crippen LogP contribution in [0.5, 0.6) is 0 Å². The SMILES string of the molecule is COC(=O)C1C2C3=C4C5C(=O)C6C7C5C3C(=O)C7C35OC63C3C(C(=O)OC)C4C2C3C15. The molecule has 0 N–H and O–H groups in total. The molecule has 6 saturated carbocycles. The van der Waals surface area contributed by atoms with Crippen LogP contribution in [-0.4, -0.2) is 48.9 Å². The van der Waals surface area contributed by atoms with E-state index in [2.05, 4.69) is 0 Å². The van der Waals surface area contributed by atoms with Gasteiger partial charge in [-0.25, -0.2) is 0 Å². The smallest absolute Gasteiger partial charge is 0.309 e. The molecule has 1 saturated heterocycles. The number of ether oxygens (including phenoxy) is 3. The number of hydrogen-bond donors (Lipinski definition) is 0. The maximum atomic E-state index is 13.9. The van der Waals surface area contributed by atoms with Gasteiger partial charge in [0.05, 0.1) is 37.9 Å². The molecule has 7 heteroatoms. The maximum Gasteiger partial charge on any atom is 0.309 e. The molecule has 7 fully saturated rings. The van der Waals surface area contributed by atoms with E-state index in [0.717, 1.165) is 11.1 Å². The Balaban J connectivity index is 1.40. The van der Waals surface area contributed by atoms with Crippen molar-refractivity contribution in [2.45, 2.75) is 11.2 Å². The zero-order chi connectivity index (χ0) is 20.7. The third-order valence-corrected chi connectivity index (χ3v) is 12.4. The molecule has 9 aliphatic rings. The maximum absolute atomic E-state index is 13.9. The zero-order valence-electron chi connectivity index (χ0n) is 16.9. The van der Waals surface area contributed by atoms with Crippen LogP contribution >= 0.6 is 0 Å². The Bertz CT molecular complexity index is 1110. The molecule has 7 nitrogen and oxygen atoms in total. The van der Waals surface area contributed by atoms with Crippen molar-refractivity contribution in [2.75, 3.05) is 14.2 Å². The van der Waals surface area contributed by atoms with Crippen LogP contribution in [0.15, 0.2) is 11.1 Å². The molecule has 12 atom stereocenters. The Morgan fingerprint density at radius 2 is 1.23 bits per heavy atom. The molecule has 0 aromatic carbocycles. The van der Waals surface area contributed by atoms with Crippen molar-refractivity contribution in [1.29, 1.82) is 0 Å². The molecule has 12 unspecified atom stereocenters. The first-order valence-electron chi connectivity index (χ1n) is 11.7. The van der Waals surface area contributed by atoms with Crippen molar-refractivity contribution in [3.63, 3.8) is 0 Å². The minimum Gasteiger partial charge on any atom is -0.469 e. The van der Waals surface area contributed by atoms with Crippen LogP contribution in [0.25, 0.3) is 0 Å². The van der Waals surface area contributed by atoms with E-state index < -0.39 is 11.2 Å². The molecule has 0 bridgehead atoms. The number of ketones is 2. The summed E-state index contributed by atoms with van der Waals surface area (Å²) in [6, 6.07) is 0. The number of Topliss-reactive ketones (excluding diaryl/α,β-unsaturated/α-hetero) is 2. The van der Waals surface area contributed by atoms with Crippen LogP contribution in [0, 0.1) is 82.9 Å². The molecule has 31 heavy (non-hydrogen) atoms. The largest absolute Gasteiger partial charge is 0.469 e. The molecule has 8 aliphatic carbocycles. The second kappa shape index (κ2) is 3.82. The van der Waals surface area contributed by atoms with Gasteiger partial charge in [-0.05, 0) is 35.5 Å². The van der Waals surface area contributed by atoms with E-state index in [9.17, 15) is 19.2 Å². The summed E-state index contributed by atoms with van der Waals surface area (Å²) in [6.07, 6.45) is 0. The number of rotatable bonds is 2.